The number of hydrogen-bond donors (Lipinski definition) is 9. The van der Waals surface area contributed by atoms with E-state index < -0.39 is 95.5 Å². The minimum Gasteiger partial charge on any atom is -0.386 e. The monoisotopic (exact) mass is 913 g/mol. The lowest BCUT2D eigenvalue weighted by Crippen LogP contribution is -2.46. The largest absolute Gasteiger partial charge is 0.481 e. The number of anilines is 1. The number of nitrogens with one attached hydrogen (secondary N) is 2. The lowest BCUT2D eigenvalue weighted by Gasteiger charge is -2.30. The summed E-state index contributed by atoms with van der Waals surface area (Å²) in [5.74, 6) is -2.05. The van der Waals surface area contributed by atoms with Crippen LogP contribution in [0.3, 0.4) is 0 Å². The van der Waals surface area contributed by atoms with Gasteiger partial charge in [-0.05, 0) is 5.56 Å². The molecular formula is C30H42N7O18P3S. The Morgan fingerprint density at radius 3 is 2.36 bits per heavy atom. The minimum atomic E-state index is -5.59. The van der Waals surface area contributed by atoms with Gasteiger partial charge in [-0.1, -0.05) is 55.9 Å². The molecule has 326 valence electrons. The number of carbonyl (C=O) groups excluding carboxylic acids is 4. The molecule has 0 bridgehead atoms. The standard InChI is InChI=1S/C30H42N7O18P3S/c1-30(2,24(41)27(42)33-9-8-20(39)32-10-11-59-29(43)18(38)12-17-6-4-3-5-7-17)14-52-58(49,50)55-57(47,48)51-13-19-23(54-56(44,45)46)22(40)28(53-19)37-16-36-21-25(31)34-15-35-26(21)37/h3-7,15-16,19,22-24,28,40-41H,8-14H2,1-2H3,(H,32,39)(H,33,42)(H,47,48)(H,49,50)(H2,31,34,35)(H2,44,45,46). The quantitative estimate of drug-likeness (QED) is 0.0348. The molecule has 0 aliphatic carbocycles. The van der Waals surface area contributed by atoms with E-state index in [1.165, 1.54) is 13.8 Å². The molecule has 2 amide bonds. The summed E-state index contributed by atoms with van der Waals surface area (Å²) < 4.78 is 62.1. The number of aromatic nitrogens is 4. The molecule has 1 aliphatic heterocycles. The predicted octanol–water partition coefficient (Wildman–Crippen LogP) is -0.523. The molecule has 0 saturated carbocycles. The van der Waals surface area contributed by atoms with Crippen molar-refractivity contribution in [1.82, 2.24) is 30.2 Å². The normalized spacial score (nSPS) is 21.0. The number of ketones is 1. The smallest absolute Gasteiger partial charge is 0.386 e. The van der Waals surface area contributed by atoms with Gasteiger partial charge in [-0.3, -0.25) is 37.3 Å². The maximum absolute atomic E-state index is 12.7. The van der Waals surface area contributed by atoms with E-state index in [0.29, 0.717) is 5.56 Å². The Balaban J connectivity index is 1.20. The molecule has 1 saturated heterocycles. The number of carbonyl (C=O) groups is 4. The molecule has 7 atom stereocenters. The van der Waals surface area contributed by atoms with Crippen molar-refractivity contribution in [3.63, 3.8) is 0 Å². The summed E-state index contributed by atoms with van der Waals surface area (Å²) in [5, 5.41) is 25.6. The second kappa shape index (κ2) is 20.3. The molecule has 59 heavy (non-hydrogen) atoms. The van der Waals surface area contributed by atoms with Crippen LogP contribution in [0.1, 0.15) is 32.1 Å². The minimum absolute atomic E-state index is 0.0219. The Kier molecular flexibility index (Phi) is 16.6. The number of ether oxygens (including phenoxy) is 1. The number of nitrogens with zero attached hydrogens (tertiary/aromatic N) is 4. The van der Waals surface area contributed by atoms with Crippen LogP contribution in [-0.2, 0) is 61.9 Å². The Hall–Kier alpha value is -3.55. The van der Waals surface area contributed by atoms with Crippen LogP contribution in [0.5, 0.6) is 0 Å². The number of phosphoric acid groups is 3. The van der Waals surface area contributed by atoms with Crippen molar-refractivity contribution in [1.29, 1.82) is 0 Å². The highest BCUT2D eigenvalue weighted by molar-refractivity contribution is 8.15. The molecule has 4 rings (SSSR count). The average Bonchev–Trinajstić information content (AvgIpc) is 3.71. The zero-order valence-corrected chi connectivity index (χ0v) is 34.6. The first-order valence-electron chi connectivity index (χ1n) is 17.1. The predicted molar refractivity (Wildman–Crippen MR) is 202 cm³/mol. The van der Waals surface area contributed by atoms with Gasteiger partial charge in [0.2, 0.25) is 17.6 Å². The first-order chi connectivity index (χ1) is 27.5. The fourth-order valence-electron chi connectivity index (χ4n) is 5.21. The summed E-state index contributed by atoms with van der Waals surface area (Å²) in [6, 6.07) is 8.70. The van der Waals surface area contributed by atoms with Crippen molar-refractivity contribution in [2.45, 2.75) is 57.3 Å². The van der Waals surface area contributed by atoms with Gasteiger partial charge in [0, 0.05) is 37.1 Å². The Labute approximate surface area is 338 Å². The molecule has 3 heterocycles. The highest BCUT2D eigenvalue weighted by Crippen LogP contribution is 2.61. The van der Waals surface area contributed by atoms with E-state index in [1.54, 1.807) is 30.3 Å². The summed E-state index contributed by atoms with van der Waals surface area (Å²) in [6.45, 7) is 0.193. The van der Waals surface area contributed by atoms with Gasteiger partial charge in [0.15, 0.2) is 17.7 Å². The lowest BCUT2D eigenvalue weighted by molar-refractivity contribution is -0.137. The molecule has 25 nitrogen and oxygen atoms in total. The van der Waals surface area contributed by atoms with Gasteiger partial charge in [-0.2, -0.15) is 4.31 Å². The first kappa shape index (κ1) is 48.1. The van der Waals surface area contributed by atoms with E-state index >= 15 is 0 Å². The number of aliphatic hydroxyl groups excluding tert-OH is 2. The second-order valence-electron chi connectivity index (χ2n) is 13.3. The Bertz CT molecular complexity index is 2130. The Morgan fingerprint density at radius 1 is 1.00 bits per heavy atom. The van der Waals surface area contributed by atoms with Crippen molar-refractivity contribution < 1.29 is 85.3 Å². The number of amides is 2. The van der Waals surface area contributed by atoms with Crippen molar-refractivity contribution in [3.8, 4) is 0 Å². The number of benzene rings is 1. The van der Waals surface area contributed by atoms with E-state index in [4.69, 9.17) is 19.5 Å². The number of phosphoric ester groups is 3. The van der Waals surface area contributed by atoms with Gasteiger partial charge >= 0.3 is 23.5 Å². The maximum Gasteiger partial charge on any atom is 0.481 e. The topological polar surface area (TPSA) is 381 Å². The van der Waals surface area contributed by atoms with Crippen LogP contribution in [0.25, 0.3) is 11.2 Å². The van der Waals surface area contributed by atoms with Gasteiger partial charge in [-0.25, -0.2) is 28.6 Å². The van der Waals surface area contributed by atoms with Gasteiger partial charge < -0.3 is 50.9 Å². The number of nitrogens with two attached hydrogens (primary N) is 1. The van der Waals surface area contributed by atoms with E-state index in [9.17, 15) is 62.7 Å². The zero-order valence-electron chi connectivity index (χ0n) is 31.1. The highest BCUT2D eigenvalue weighted by Gasteiger charge is 2.50. The third-order valence-electron chi connectivity index (χ3n) is 8.17. The summed E-state index contributed by atoms with van der Waals surface area (Å²) in [5.41, 5.74) is 4.90. The average molecular weight is 914 g/mol. The van der Waals surface area contributed by atoms with Crippen LogP contribution in [0.15, 0.2) is 43.0 Å². The van der Waals surface area contributed by atoms with E-state index in [-0.39, 0.29) is 48.7 Å². The third-order valence-corrected chi connectivity index (χ3v) is 12.2. The maximum atomic E-state index is 12.7. The van der Waals surface area contributed by atoms with Crippen molar-refractivity contribution in [2.75, 3.05) is 37.8 Å². The molecule has 10 N–H and O–H groups in total. The van der Waals surface area contributed by atoms with E-state index in [0.717, 1.165) is 29.0 Å². The van der Waals surface area contributed by atoms with E-state index in [2.05, 4.69) is 34.4 Å². The number of fused-ring (bicyclic) bond motifs is 1. The van der Waals surface area contributed by atoms with Gasteiger partial charge in [0.25, 0.3) is 5.12 Å². The fraction of sp³-hybridized carbons (Fsp3) is 0.500. The molecule has 1 aromatic carbocycles. The van der Waals surface area contributed by atoms with Crippen LogP contribution >= 0.6 is 35.2 Å². The fourth-order valence-corrected chi connectivity index (χ4v) is 8.66. The zero-order chi connectivity index (χ0) is 43.8. The number of thioether (sulfide) groups is 1. The van der Waals surface area contributed by atoms with Crippen LogP contribution < -0.4 is 16.4 Å². The number of hydrogen-bond acceptors (Lipinski definition) is 19. The molecule has 1 aliphatic rings. The molecular weight excluding hydrogens is 871 g/mol. The highest BCUT2D eigenvalue weighted by atomic mass is 32.2. The molecule has 2 aromatic heterocycles. The summed E-state index contributed by atoms with van der Waals surface area (Å²) in [6.07, 6.45) is -7.13. The number of rotatable bonds is 22. The number of Topliss-reactive ketones (excluding diaryl/α,β-unsaturated/α-hetero) is 1. The van der Waals surface area contributed by atoms with E-state index in [1.807, 2.05) is 0 Å². The summed E-state index contributed by atoms with van der Waals surface area (Å²) in [4.78, 5) is 99.8. The van der Waals surface area contributed by atoms with Gasteiger partial charge in [0.05, 0.1) is 19.5 Å². The number of imidazole rings is 1. The van der Waals surface area contributed by atoms with Crippen LogP contribution in [0.2, 0.25) is 0 Å². The molecule has 29 heteroatoms. The molecule has 0 radical (unpaired) electrons. The van der Waals surface area contributed by atoms with Crippen LogP contribution in [-0.4, -0.2) is 128 Å². The Morgan fingerprint density at radius 2 is 1.68 bits per heavy atom. The van der Waals surface area contributed by atoms with Crippen molar-refractivity contribution in [3.05, 3.63) is 48.5 Å². The van der Waals surface area contributed by atoms with Crippen LogP contribution in [0, 0.1) is 5.41 Å². The van der Waals surface area contributed by atoms with Crippen molar-refractivity contribution in [2.24, 2.45) is 5.41 Å². The molecule has 7 unspecified atom stereocenters. The summed E-state index contributed by atoms with van der Waals surface area (Å²) in [7, 11) is -16.4. The van der Waals surface area contributed by atoms with Gasteiger partial charge in [0.1, 0.15) is 36.3 Å². The van der Waals surface area contributed by atoms with Crippen molar-refractivity contribution >= 4 is 74.9 Å². The molecule has 1 fully saturated rings. The number of aliphatic hydroxyl groups is 2. The molecule has 0 spiro atoms. The summed E-state index contributed by atoms with van der Waals surface area (Å²) >= 11 is 0.748. The second-order valence-corrected chi connectivity index (χ2v) is 18.6. The molecule has 3 aromatic rings. The van der Waals surface area contributed by atoms with Crippen LogP contribution in [0.4, 0.5) is 5.82 Å². The SMILES string of the molecule is CC(C)(COP(=O)(O)OP(=O)(O)OCC1OC(n2cnc3c(N)ncnc32)C(O)C1OP(=O)(O)O)C(O)C(=O)NCCC(=O)NCCSC(=O)C(=O)Cc1ccccc1. The van der Waals surface area contributed by atoms with Gasteiger partial charge in [-0.15, -0.1) is 0 Å². The third kappa shape index (κ3) is 14.3. The lowest BCUT2D eigenvalue weighted by atomic mass is 9.87. The first-order valence-corrected chi connectivity index (χ1v) is 22.6. The number of nitrogen functional groups attached to an aromatic ring is 1.